The second-order valence-electron chi connectivity index (χ2n) is 7.23. The Kier molecular flexibility index (Phi) is 8.77. The standard InChI is InChI=1S/C26H25NO5S2/c1-3-33-25(21-7-5-4-6-8-21)24(26(28)29)27-34(30,31)23-17-13-20(14-18-23)10-9-19-11-15-22(32-2)16-12-19/h4-8,11-18,24-25,27H,3H2,1-2H3,(H,28,29)/t24-,25-/m1/s1. The number of hydrogen-bond donors (Lipinski definition) is 2. The molecule has 3 aromatic rings. The second-order valence-corrected chi connectivity index (χ2v) is 10.4. The number of thioether (sulfide) groups is 1. The number of aliphatic carboxylic acids is 1. The van der Waals surface area contributed by atoms with E-state index in [1.165, 1.54) is 23.9 Å². The Hall–Kier alpha value is -3.25. The Morgan fingerprint density at radius 3 is 2.03 bits per heavy atom. The van der Waals surface area contributed by atoms with E-state index in [1.54, 1.807) is 43.5 Å². The van der Waals surface area contributed by atoms with Crippen LogP contribution in [0.1, 0.15) is 28.9 Å². The minimum absolute atomic E-state index is 0.0259. The van der Waals surface area contributed by atoms with Crippen molar-refractivity contribution in [1.29, 1.82) is 0 Å². The Morgan fingerprint density at radius 2 is 1.53 bits per heavy atom. The first-order chi connectivity index (χ1) is 16.3. The first-order valence-electron chi connectivity index (χ1n) is 10.5. The van der Waals surface area contributed by atoms with E-state index in [-0.39, 0.29) is 4.90 Å². The van der Waals surface area contributed by atoms with Crippen molar-refractivity contribution in [2.24, 2.45) is 0 Å². The van der Waals surface area contributed by atoms with Crippen LogP contribution < -0.4 is 9.46 Å². The molecule has 2 atom stereocenters. The van der Waals surface area contributed by atoms with Crippen molar-refractivity contribution >= 4 is 27.8 Å². The molecular weight excluding hydrogens is 470 g/mol. The lowest BCUT2D eigenvalue weighted by Gasteiger charge is -2.24. The van der Waals surface area contributed by atoms with E-state index in [2.05, 4.69) is 16.6 Å². The Morgan fingerprint density at radius 1 is 0.971 bits per heavy atom. The van der Waals surface area contributed by atoms with E-state index in [0.29, 0.717) is 11.3 Å². The minimum atomic E-state index is -4.07. The summed E-state index contributed by atoms with van der Waals surface area (Å²) in [6.45, 7) is 1.90. The SMILES string of the molecule is CCS[C@H](c1ccccc1)[C@@H](NS(=O)(=O)c1ccc(C#Cc2ccc(OC)cc2)cc1)C(=O)O. The number of rotatable bonds is 9. The fourth-order valence-electron chi connectivity index (χ4n) is 3.22. The molecule has 0 saturated heterocycles. The molecule has 0 aromatic heterocycles. The molecule has 2 N–H and O–H groups in total. The Bertz CT molecular complexity index is 1260. The van der Waals surface area contributed by atoms with Gasteiger partial charge in [-0.1, -0.05) is 49.1 Å². The van der Waals surface area contributed by atoms with Crippen LogP contribution in [0.3, 0.4) is 0 Å². The van der Waals surface area contributed by atoms with E-state index in [9.17, 15) is 18.3 Å². The average Bonchev–Trinajstić information content (AvgIpc) is 2.86. The summed E-state index contributed by atoms with van der Waals surface area (Å²) < 4.78 is 33.5. The molecule has 0 aliphatic rings. The maximum atomic E-state index is 13.0. The zero-order valence-corrected chi connectivity index (χ0v) is 20.4. The predicted octanol–water partition coefficient (Wildman–Crippen LogP) is 4.32. The molecule has 0 heterocycles. The minimum Gasteiger partial charge on any atom is -0.497 e. The summed E-state index contributed by atoms with van der Waals surface area (Å²) in [5, 5.41) is 9.25. The van der Waals surface area contributed by atoms with Gasteiger partial charge < -0.3 is 9.84 Å². The van der Waals surface area contributed by atoms with Gasteiger partial charge in [-0.2, -0.15) is 16.5 Å². The van der Waals surface area contributed by atoms with Gasteiger partial charge in [0, 0.05) is 11.1 Å². The van der Waals surface area contributed by atoms with Crippen LogP contribution in [-0.2, 0) is 14.8 Å². The van der Waals surface area contributed by atoms with Crippen molar-refractivity contribution in [3.63, 3.8) is 0 Å². The van der Waals surface area contributed by atoms with Crippen molar-refractivity contribution in [1.82, 2.24) is 4.72 Å². The fraction of sp³-hybridized carbons (Fsp3) is 0.192. The lowest BCUT2D eigenvalue weighted by atomic mass is 10.1. The summed E-state index contributed by atoms with van der Waals surface area (Å²) in [7, 11) is -2.48. The normalized spacial score (nSPS) is 12.8. The quantitative estimate of drug-likeness (QED) is 0.430. The van der Waals surface area contributed by atoms with Gasteiger partial charge in [0.25, 0.3) is 0 Å². The number of ether oxygens (including phenoxy) is 1. The third-order valence-corrected chi connectivity index (χ3v) is 7.62. The average molecular weight is 496 g/mol. The van der Waals surface area contributed by atoms with Crippen molar-refractivity contribution < 1.29 is 23.1 Å². The molecule has 0 amide bonds. The molecule has 8 heteroatoms. The highest BCUT2D eigenvalue weighted by Crippen LogP contribution is 2.33. The van der Waals surface area contributed by atoms with Crippen LogP contribution in [0.15, 0.2) is 83.8 Å². The molecule has 0 aliphatic heterocycles. The molecule has 0 radical (unpaired) electrons. The van der Waals surface area contributed by atoms with Gasteiger partial charge in [-0.15, -0.1) is 0 Å². The third kappa shape index (κ3) is 6.64. The summed E-state index contributed by atoms with van der Waals surface area (Å²) in [5.74, 6) is 6.13. The molecule has 0 saturated carbocycles. The number of carbonyl (C=O) groups is 1. The van der Waals surface area contributed by atoms with Crippen molar-refractivity contribution in [3.8, 4) is 17.6 Å². The molecular formula is C26H25NO5S2. The van der Waals surface area contributed by atoms with Gasteiger partial charge in [-0.25, -0.2) is 8.42 Å². The molecule has 3 rings (SSSR count). The van der Waals surface area contributed by atoms with Crippen molar-refractivity contribution in [3.05, 3.63) is 95.6 Å². The van der Waals surface area contributed by atoms with Crippen LogP contribution in [0.25, 0.3) is 0 Å². The summed E-state index contributed by atoms with van der Waals surface area (Å²) in [4.78, 5) is 12.0. The number of hydrogen-bond acceptors (Lipinski definition) is 5. The number of methoxy groups -OCH3 is 1. The third-order valence-electron chi connectivity index (χ3n) is 4.93. The number of nitrogens with one attached hydrogen (secondary N) is 1. The molecule has 0 unspecified atom stereocenters. The zero-order chi connectivity index (χ0) is 24.6. The van der Waals surface area contributed by atoms with Crippen LogP contribution >= 0.6 is 11.8 Å². The maximum Gasteiger partial charge on any atom is 0.323 e. The highest BCUT2D eigenvalue weighted by Gasteiger charge is 2.33. The van der Waals surface area contributed by atoms with Gasteiger partial charge in [0.1, 0.15) is 11.8 Å². The first kappa shape index (κ1) is 25.4. The van der Waals surface area contributed by atoms with Crippen molar-refractivity contribution in [2.75, 3.05) is 12.9 Å². The smallest absolute Gasteiger partial charge is 0.323 e. The highest BCUT2D eigenvalue weighted by molar-refractivity contribution is 7.99. The van der Waals surface area contributed by atoms with Crippen LogP contribution in [0.4, 0.5) is 0 Å². The number of carboxylic acid groups (broad SMARTS) is 1. The van der Waals surface area contributed by atoms with Gasteiger partial charge in [-0.3, -0.25) is 4.79 Å². The molecule has 34 heavy (non-hydrogen) atoms. The lowest BCUT2D eigenvalue weighted by molar-refractivity contribution is -0.139. The Labute approximate surface area is 204 Å². The largest absolute Gasteiger partial charge is 0.497 e. The summed E-state index contributed by atoms with van der Waals surface area (Å²) in [5.41, 5.74) is 2.17. The van der Waals surface area contributed by atoms with Gasteiger partial charge in [0.15, 0.2) is 0 Å². The van der Waals surface area contributed by atoms with E-state index in [0.717, 1.165) is 16.9 Å². The number of benzene rings is 3. The zero-order valence-electron chi connectivity index (χ0n) is 18.8. The van der Waals surface area contributed by atoms with Crippen LogP contribution in [0, 0.1) is 11.8 Å². The van der Waals surface area contributed by atoms with E-state index in [1.807, 2.05) is 37.3 Å². The van der Waals surface area contributed by atoms with E-state index >= 15 is 0 Å². The van der Waals surface area contributed by atoms with Crippen molar-refractivity contribution in [2.45, 2.75) is 23.1 Å². The molecule has 0 fully saturated rings. The first-order valence-corrected chi connectivity index (χ1v) is 13.0. The summed E-state index contributed by atoms with van der Waals surface area (Å²) in [6.07, 6.45) is 0. The highest BCUT2D eigenvalue weighted by atomic mass is 32.2. The number of carboxylic acids is 1. The molecule has 0 aliphatic carbocycles. The molecule has 6 nitrogen and oxygen atoms in total. The molecule has 3 aromatic carbocycles. The van der Waals surface area contributed by atoms with Gasteiger partial charge >= 0.3 is 5.97 Å². The topological polar surface area (TPSA) is 92.7 Å². The lowest BCUT2D eigenvalue weighted by Crippen LogP contribution is -2.44. The number of sulfonamides is 1. The predicted molar refractivity (Wildman–Crippen MR) is 134 cm³/mol. The van der Waals surface area contributed by atoms with Gasteiger partial charge in [-0.05, 0) is 59.8 Å². The van der Waals surface area contributed by atoms with E-state index < -0.39 is 27.3 Å². The van der Waals surface area contributed by atoms with Crippen LogP contribution in [0.5, 0.6) is 5.75 Å². The summed E-state index contributed by atoms with van der Waals surface area (Å²) in [6, 6.07) is 21.0. The fourth-order valence-corrected chi connectivity index (χ4v) is 5.59. The second kappa shape index (κ2) is 11.7. The summed E-state index contributed by atoms with van der Waals surface area (Å²) >= 11 is 1.38. The van der Waals surface area contributed by atoms with Gasteiger partial charge in [0.2, 0.25) is 10.0 Å². The van der Waals surface area contributed by atoms with Crippen LogP contribution in [-0.4, -0.2) is 38.4 Å². The van der Waals surface area contributed by atoms with Crippen LogP contribution in [0.2, 0.25) is 0 Å². The Balaban J connectivity index is 1.80. The monoisotopic (exact) mass is 495 g/mol. The molecule has 0 spiro atoms. The molecule has 176 valence electrons. The van der Waals surface area contributed by atoms with E-state index in [4.69, 9.17) is 4.74 Å². The van der Waals surface area contributed by atoms with Gasteiger partial charge in [0.05, 0.1) is 17.3 Å². The molecule has 0 bridgehead atoms. The maximum absolute atomic E-state index is 13.0.